The summed E-state index contributed by atoms with van der Waals surface area (Å²) in [5.74, 6) is 1.99. The van der Waals surface area contributed by atoms with E-state index >= 15 is 13.2 Å². The van der Waals surface area contributed by atoms with Gasteiger partial charge < -0.3 is 14.4 Å². The monoisotopic (exact) mass is 1720 g/mol. The second kappa shape index (κ2) is 32.5. The van der Waals surface area contributed by atoms with Gasteiger partial charge in [0.15, 0.2) is 34.9 Å². The molecule has 19 aromatic rings. The van der Waals surface area contributed by atoms with E-state index in [1.807, 2.05) is 127 Å². The molecule has 0 N–H and O–H groups in total. The first kappa shape index (κ1) is 83.7. The molecule has 132 heavy (non-hydrogen) atoms. The van der Waals surface area contributed by atoms with Gasteiger partial charge in [0, 0.05) is 78.3 Å². The van der Waals surface area contributed by atoms with Crippen molar-refractivity contribution in [2.75, 3.05) is 9.80 Å². The van der Waals surface area contributed by atoms with Crippen LogP contribution in [0.5, 0.6) is 0 Å². The fourth-order valence-electron chi connectivity index (χ4n) is 18.8. The molecule has 21 rings (SSSR count). The number of alkyl halides is 3. The summed E-state index contributed by atoms with van der Waals surface area (Å²) < 4.78 is 49.8. The van der Waals surface area contributed by atoms with E-state index in [4.69, 9.17) is 29.9 Å². The molecule has 0 bridgehead atoms. The molecular weight excluding hydrogens is 1620 g/mol. The highest BCUT2D eigenvalue weighted by atomic mass is 19.4. The van der Waals surface area contributed by atoms with Crippen LogP contribution in [-0.4, -0.2) is 41.2 Å². The van der Waals surface area contributed by atoms with Gasteiger partial charge in [0.05, 0.1) is 22.3 Å². The van der Waals surface area contributed by atoms with E-state index in [9.17, 15) is 0 Å². The van der Waals surface area contributed by atoms with E-state index in [1.165, 1.54) is 39.2 Å². The lowest BCUT2D eigenvalue weighted by Crippen LogP contribution is -2.61. The highest BCUT2D eigenvalue weighted by Gasteiger charge is 2.45. The normalized spacial score (nSPS) is 12.8. The molecule has 13 heteroatoms. The lowest BCUT2D eigenvalue weighted by atomic mass is 9.33. The smallest absolute Gasteiger partial charge is 0.311 e. The lowest BCUT2D eigenvalue weighted by Gasteiger charge is -2.45. The van der Waals surface area contributed by atoms with Crippen LogP contribution >= 0.6 is 0 Å². The predicted octanol–water partition coefficient (Wildman–Crippen LogP) is 29.8. The minimum Gasteiger partial charge on any atom is -0.311 e. The summed E-state index contributed by atoms with van der Waals surface area (Å²) in [6.07, 6.45) is -4.77. The first-order chi connectivity index (χ1) is 63.5. The molecule has 2 aliphatic rings. The zero-order valence-corrected chi connectivity index (χ0v) is 76.0. The van der Waals surface area contributed by atoms with Gasteiger partial charge in [0.1, 0.15) is 0 Å². The Balaban J connectivity index is 0.859. The van der Waals surface area contributed by atoms with Crippen molar-refractivity contribution in [2.24, 2.45) is 0 Å². The zero-order valence-electron chi connectivity index (χ0n) is 76.0. The van der Waals surface area contributed by atoms with Crippen LogP contribution in [0.2, 0.25) is 0 Å². The second-order valence-corrected chi connectivity index (χ2v) is 39.1. The number of nitrogens with zero attached hydrogens (tertiary/aromatic N) is 9. The van der Waals surface area contributed by atoms with E-state index < -0.39 is 11.7 Å². The van der Waals surface area contributed by atoms with Crippen molar-refractivity contribution in [2.45, 2.75) is 111 Å². The van der Waals surface area contributed by atoms with E-state index in [1.54, 1.807) is 6.07 Å². The first-order valence-electron chi connectivity index (χ1n) is 45.3. The summed E-state index contributed by atoms with van der Waals surface area (Å²) in [5, 5.41) is 1.64. The molecule has 2 aliphatic heterocycles. The number of hydrogen-bond acceptors (Lipinski definition) is 8. The molecule has 0 aliphatic carbocycles. The summed E-state index contributed by atoms with van der Waals surface area (Å²) in [4.78, 5) is 36.1. The molecule has 0 saturated heterocycles. The Kier molecular flexibility index (Phi) is 20.6. The number of fused-ring (bicyclic) bond motifs is 7. The summed E-state index contributed by atoms with van der Waals surface area (Å²) in [6.45, 7) is 27.4. The Morgan fingerprint density at radius 1 is 0.220 bits per heavy atom. The Labute approximate surface area is 769 Å². The Hall–Kier alpha value is -15.2. The largest absolute Gasteiger partial charge is 0.416 e. The summed E-state index contributed by atoms with van der Waals surface area (Å²) >= 11 is 0. The zero-order chi connectivity index (χ0) is 90.9. The number of benzene rings is 16. The summed E-state index contributed by atoms with van der Waals surface area (Å²) in [5.41, 5.74) is 29.3. The van der Waals surface area contributed by atoms with Gasteiger partial charge in [0.2, 0.25) is 0 Å². The van der Waals surface area contributed by atoms with Crippen LogP contribution in [0.1, 0.15) is 111 Å². The topological polar surface area (TPSA) is 88.8 Å². The maximum absolute atomic E-state index is 15.9. The van der Waals surface area contributed by atoms with Crippen LogP contribution in [0.15, 0.2) is 370 Å². The number of hydrogen-bond donors (Lipinski definition) is 0. The Morgan fingerprint density at radius 2 is 0.538 bits per heavy atom. The van der Waals surface area contributed by atoms with E-state index in [0.717, 1.165) is 123 Å². The quantitative estimate of drug-likeness (QED) is 0.0995. The fourth-order valence-corrected chi connectivity index (χ4v) is 18.8. The molecule has 0 atom stereocenters. The molecule has 5 heterocycles. The van der Waals surface area contributed by atoms with Crippen molar-refractivity contribution in [1.82, 2.24) is 34.5 Å². The van der Waals surface area contributed by atoms with Gasteiger partial charge in [-0.3, -0.25) is 0 Å². The average molecular weight is 1720 g/mol. The minimum atomic E-state index is -4.77. The van der Waals surface area contributed by atoms with Crippen LogP contribution in [0, 0.1) is 0 Å². The second-order valence-electron chi connectivity index (χ2n) is 39.1. The van der Waals surface area contributed by atoms with Crippen molar-refractivity contribution in [1.29, 1.82) is 0 Å². The Bertz CT molecular complexity index is 7270. The van der Waals surface area contributed by atoms with Gasteiger partial charge in [-0.1, -0.05) is 368 Å². The molecule has 0 spiro atoms. The number of rotatable bonds is 14. The maximum atomic E-state index is 15.9. The third-order valence-electron chi connectivity index (χ3n) is 26.1. The SMILES string of the molecule is CC(C)(C)c1cc(-c2ccc3c(c2)N(c2ccc(-c4ccccc4)cc2)c2cc(-c4ccc5c(c4)c4ccc(-c6nc(-c7ccccc7)nc(-c7ccccc7)n6)cc4n5-c4ccc(C(F)(F)F)cc4-c4nc(-c5ccccc5)nc(-c5ccccc5)n4)cc4c2B3c2ccc(-c3cc(C(C)(C)C)cc(C(C)(C)C)c3)cc2N4c2ccc(-c3ccccc3)cc2)cc(C(C)(C)C)c1. The molecule has 9 nitrogen and oxygen atoms in total. The molecule has 0 amide bonds. The summed E-state index contributed by atoms with van der Waals surface area (Å²) in [7, 11) is 0. The van der Waals surface area contributed by atoms with Gasteiger partial charge in [0.25, 0.3) is 6.71 Å². The standard InChI is InChI=1S/C119H97BF3N9/c1-115(2,3)90-61-86(62-91(71-90)116(4,5)6)83-48-57-99-104(66-83)130(94-52-43-76(44-53-94)74-31-19-13-20-32-74)106-69-88(70-107-108(106)120(99)100-58-49-84(87-63-92(117(7,8)9)72-93(64-87)118(10,11)12)67-105(100)131(107)95-54-45-77(46-55-95)75-33-21-14-22-34-75)82-50-59-101-97(65-82)96-56-47-85(113-126-109(78-35-23-15-24-36-78)124-110(127-113)79-37-25-16-26-38-79)68-103(96)132(101)102-60-51-89(119(121,122)123)73-98(102)114-128-111(80-39-27-17-28-40-80)125-112(129-114)81-41-29-18-30-42-81/h13-73H,1-12H3. The highest BCUT2D eigenvalue weighted by Crippen LogP contribution is 2.51. The van der Waals surface area contributed by atoms with E-state index in [0.29, 0.717) is 62.5 Å². The van der Waals surface area contributed by atoms with Crippen molar-refractivity contribution in [3.05, 3.63) is 398 Å². The van der Waals surface area contributed by atoms with Gasteiger partial charge in [-0.25, -0.2) is 29.9 Å². The first-order valence-corrected chi connectivity index (χ1v) is 45.3. The maximum Gasteiger partial charge on any atom is 0.416 e. The molecular formula is C119H97BF3N9. The molecule has 0 unspecified atom stereocenters. The molecule has 16 aromatic carbocycles. The van der Waals surface area contributed by atoms with Gasteiger partial charge >= 0.3 is 6.18 Å². The number of aromatic nitrogens is 7. The molecule has 3 aromatic heterocycles. The van der Waals surface area contributed by atoms with Gasteiger partial charge in [-0.05, 0) is 201 Å². The van der Waals surface area contributed by atoms with Crippen LogP contribution in [-0.2, 0) is 27.8 Å². The highest BCUT2D eigenvalue weighted by molar-refractivity contribution is 7.00. The van der Waals surface area contributed by atoms with Crippen molar-refractivity contribution >= 4 is 79.0 Å². The van der Waals surface area contributed by atoms with Crippen molar-refractivity contribution in [3.63, 3.8) is 0 Å². The fraction of sp³-hybridized carbons (Fsp3) is 0.143. The minimum absolute atomic E-state index is 0.0486. The third-order valence-corrected chi connectivity index (χ3v) is 26.1. The molecule has 0 fully saturated rings. The van der Waals surface area contributed by atoms with Crippen LogP contribution in [0.3, 0.4) is 0 Å². The molecule has 0 radical (unpaired) electrons. The number of halogens is 3. The number of anilines is 6. The lowest BCUT2D eigenvalue weighted by molar-refractivity contribution is -0.137. The van der Waals surface area contributed by atoms with E-state index in [-0.39, 0.29) is 39.8 Å². The molecule has 642 valence electrons. The summed E-state index contributed by atoms with van der Waals surface area (Å²) in [6, 6.07) is 128. The van der Waals surface area contributed by atoms with Gasteiger partial charge in [-0.15, -0.1) is 0 Å². The van der Waals surface area contributed by atoms with Crippen molar-refractivity contribution < 1.29 is 13.2 Å². The van der Waals surface area contributed by atoms with E-state index in [2.05, 4.69) is 322 Å². The van der Waals surface area contributed by atoms with Crippen molar-refractivity contribution in [3.8, 4) is 130 Å². The van der Waals surface area contributed by atoms with Gasteiger partial charge in [-0.2, -0.15) is 13.2 Å². The third kappa shape index (κ3) is 15.7. The average Bonchev–Trinajstić information content (AvgIpc) is 0.711. The molecule has 0 saturated carbocycles. The Morgan fingerprint density at radius 3 is 0.917 bits per heavy atom. The van der Waals surface area contributed by atoms with Crippen LogP contribution in [0.25, 0.3) is 151 Å². The predicted molar refractivity (Wildman–Crippen MR) is 541 cm³/mol. The van der Waals surface area contributed by atoms with Crippen LogP contribution < -0.4 is 26.2 Å². The van der Waals surface area contributed by atoms with Crippen LogP contribution in [0.4, 0.5) is 47.3 Å².